The summed E-state index contributed by atoms with van der Waals surface area (Å²) in [6.07, 6.45) is 0.787. The monoisotopic (exact) mass is 231 g/mol. The summed E-state index contributed by atoms with van der Waals surface area (Å²) in [6.45, 7) is 2.81. The van der Waals surface area contributed by atoms with Crippen molar-refractivity contribution in [1.82, 2.24) is 4.90 Å². The smallest absolute Gasteiger partial charge is 0.410 e. The normalized spacial score (nSPS) is 27.0. The number of ether oxygens (including phenoxy) is 1. The number of carbonyl (C=O) groups excluding carboxylic acids is 1. The Balaban J connectivity index is 2.60. The minimum absolute atomic E-state index is 0.189. The summed E-state index contributed by atoms with van der Waals surface area (Å²) in [6, 6.07) is -0.461. The fourth-order valence-electron chi connectivity index (χ4n) is 2.02. The molecule has 0 aromatic heterocycles. The highest BCUT2D eigenvalue weighted by Crippen LogP contribution is 2.21. The molecule has 3 atom stereocenters. The van der Waals surface area contributed by atoms with E-state index in [9.17, 15) is 4.79 Å². The van der Waals surface area contributed by atoms with Gasteiger partial charge in [0.15, 0.2) is 0 Å². The fourth-order valence-corrected chi connectivity index (χ4v) is 2.02. The van der Waals surface area contributed by atoms with Gasteiger partial charge in [-0.15, -0.1) is 0 Å². The molecule has 6 nitrogen and oxygen atoms in total. The van der Waals surface area contributed by atoms with Crippen LogP contribution in [-0.4, -0.2) is 54.0 Å². The molecule has 0 spiro atoms. The van der Waals surface area contributed by atoms with Crippen molar-refractivity contribution in [2.24, 2.45) is 11.5 Å². The van der Waals surface area contributed by atoms with Crippen LogP contribution >= 0.6 is 0 Å². The molecule has 0 bridgehead atoms. The molecular formula is C10H21N3O3. The van der Waals surface area contributed by atoms with Crippen LogP contribution in [0.15, 0.2) is 0 Å². The van der Waals surface area contributed by atoms with E-state index in [1.165, 1.54) is 0 Å². The number of hydrogen-bond acceptors (Lipinski definition) is 5. The summed E-state index contributed by atoms with van der Waals surface area (Å²) in [5.74, 6) is 0. The van der Waals surface area contributed by atoms with E-state index in [1.807, 2.05) is 6.92 Å². The van der Waals surface area contributed by atoms with Crippen molar-refractivity contribution in [2.45, 2.75) is 38.0 Å². The lowest BCUT2D eigenvalue weighted by Gasteiger charge is -2.26. The van der Waals surface area contributed by atoms with E-state index in [-0.39, 0.29) is 18.7 Å². The van der Waals surface area contributed by atoms with Crippen molar-refractivity contribution in [1.29, 1.82) is 0 Å². The number of nitrogens with zero attached hydrogens (tertiary/aromatic N) is 1. The van der Waals surface area contributed by atoms with Gasteiger partial charge < -0.3 is 21.3 Å². The van der Waals surface area contributed by atoms with E-state index < -0.39 is 12.2 Å². The predicted octanol–water partition coefficient (Wildman–Crippen LogP) is -0.746. The van der Waals surface area contributed by atoms with Crippen LogP contribution in [0.5, 0.6) is 0 Å². The van der Waals surface area contributed by atoms with Crippen LogP contribution in [0.2, 0.25) is 0 Å². The number of nitrogens with two attached hydrogens (primary N) is 2. The van der Waals surface area contributed by atoms with Crippen LogP contribution in [0.3, 0.4) is 0 Å². The van der Waals surface area contributed by atoms with Gasteiger partial charge in [-0.05, 0) is 26.3 Å². The lowest BCUT2D eigenvalue weighted by Crippen LogP contribution is -2.49. The SMILES string of the molecule is CC(N)C1C(CO)OC(=O)N1CCCCN. The zero-order valence-corrected chi connectivity index (χ0v) is 9.63. The molecule has 0 aromatic rings. The first-order chi connectivity index (χ1) is 7.61. The van der Waals surface area contributed by atoms with Gasteiger partial charge in [-0.25, -0.2) is 4.79 Å². The molecule has 0 radical (unpaired) electrons. The molecule has 1 amide bonds. The van der Waals surface area contributed by atoms with Crippen molar-refractivity contribution in [3.05, 3.63) is 0 Å². The molecule has 94 valence electrons. The molecule has 6 heteroatoms. The average Bonchev–Trinajstić information content (AvgIpc) is 2.56. The van der Waals surface area contributed by atoms with Gasteiger partial charge in [0.1, 0.15) is 6.10 Å². The second-order valence-corrected chi connectivity index (χ2v) is 4.14. The van der Waals surface area contributed by atoms with Crippen molar-refractivity contribution < 1.29 is 14.6 Å². The van der Waals surface area contributed by atoms with E-state index >= 15 is 0 Å². The topological polar surface area (TPSA) is 102 Å². The maximum atomic E-state index is 11.6. The van der Waals surface area contributed by atoms with Gasteiger partial charge >= 0.3 is 6.09 Å². The number of hydrogen-bond donors (Lipinski definition) is 3. The summed E-state index contributed by atoms with van der Waals surface area (Å²) in [5.41, 5.74) is 11.2. The summed E-state index contributed by atoms with van der Waals surface area (Å²) >= 11 is 0. The second kappa shape index (κ2) is 6.03. The Morgan fingerprint density at radius 1 is 1.56 bits per heavy atom. The van der Waals surface area contributed by atoms with E-state index in [4.69, 9.17) is 21.3 Å². The highest BCUT2D eigenvalue weighted by molar-refractivity contribution is 5.70. The summed E-state index contributed by atoms with van der Waals surface area (Å²) < 4.78 is 5.05. The van der Waals surface area contributed by atoms with E-state index in [0.717, 1.165) is 12.8 Å². The Hall–Kier alpha value is -0.850. The van der Waals surface area contributed by atoms with Gasteiger partial charge in [-0.2, -0.15) is 0 Å². The predicted molar refractivity (Wildman–Crippen MR) is 59.8 cm³/mol. The van der Waals surface area contributed by atoms with Crippen molar-refractivity contribution >= 4 is 6.09 Å². The maximum Gasteiger partial charge on any atom is 0.410 e. The van der Waals surface area contributed by atoms with E-state index in [2.05, 4.69) is 0 Å². The van der Waals surface area contributed by atoms with Crippen molar-refractivity contribution in [3.63, 3.8) is 0 Å². The van der Waals surface area contributed by atoms with Crippen LogP contribution in [0.4, 0.5) is 4.79 Å². The Morgan fingerprint density at radius 3 is 2.75 bits per heavy atom. The highest BCUT2D eigenvalue weighted by atomic mass is 16.6. The second-order valence-electron chi connectivity index (χ2n) is 4.14. The molecule has 0 aromatic carbocycles. The lowest BCUT2D eigenvalue weighted by atomic mass is 10.0. The standard InChI is InChI=1S/C10H21N3O3/c1-7(12)9-8(6-14)16-10(15)13(9)5-3-2-4-11/h7-9,14H,2-6,11-12H2,1H3. The zero-order chi connectivity index (χ0) is 12.1. The van der Waals surface area contributed by atoms with Crippen LogP contribution in [-0.2, 0) is 4.74 Å². The fraction of sp³-hybridized carbons (Fsp3) is 0.900. The summed E-state index contributed by atoms with van der Waals surface area (Å²) in [7, 11) is 0. The first-order valence-corrected chi connectivity index (χ1v) is 5.65. The molecular weight excluding hydrogens is 210 g/mol. The summed E-state index contributed by atoms with van der Waals surface area (Å²) in [4.78, 5) is 13.2. The number of aliphatic hydroxyl groups is 1. The Bertz CT molecular complexity index is 235. The summed E-state index contributed by atoms with van der Waals surface area (Å²) in [5, 5.41) is 9.11. The van der Waals surface area contributed by atoms with Crippen LogP contribution < -0.4 is 11.5 Å². The lowest BCUT2D eigenvalue weighted by molar-refractivity contribution is 0.0791. The highest BCUT2D eigenvalue weighted by Gasteiger charge is 2.42. The van der Waals surface area contributed by atoms with E-state index in [1.54, 1.807) is 4.90 Å². The average molecular weight is 231 g/mol. The Labute approximate surface area is 95.5 Å². The van der Waals surface area contributed by atoms with Crippen LogP contribution in [0.25, 0.3) is 0 Å². The molecule has 5 N–H and O–H groups in total. The molecule has 0 saturated carbocycles. The maximum absolute atomic E-state index is 11.6. The van der Waals surface area contributed by atoms with E-state index in [0.29, 0.717) is 13.1 Å². The molecule has 1 heterocycles. The molecule has 0 aliphatic carbocycles. The van der Waals surface area contributed by atoms with Crippen LogP contribution in [0, 0.1) is 0 Å². The zero-order valence-electron chi connectivity index (χ0n) is 9.63. The number of cyclic esters (lactones) is 1. The molecule has 1 rings (SSSR count). The van der Waals surface area contributed by atoms with Crippen LogP contribution in [0.1, 0.15) is 19.8 Å². The number of aliphatic hydroxyl groups excluding tert-OH is 1. The third-order valence-corrected chi connectivity index (χ3v) is 2.80. The number of carbonyl (C=O) groups is 1. The van der Waals surface area contributed by atoms with Gasteiger partial charge in [0.05, 0.1) is 12.6 Å². The quantitative estimate of drug-likeness (QED) is 0.522. The Kier molecular flexibility index (Phi) is 4.98. The largest absolute Gasteiger partial charge is 0.441 e. The Morgan fingerprint density at radius 2 is 2.25 bits per heavy atom. The first kappa shape index (κ1) is 13.2. The number of amides is 1. The third-order valence-electron chi connectivity index (χ3n) is 2.80. The molecule has 1 fully saturated rings. The molecule has 3 unspecified atom stereocenters. The van der Waals surface area contributed by atoms with Gasteiger partial charge in [-0.3, -0.25) is 4.90 Å². The van der Waals surface area contributed by atoms with Gasteiger partial charge in [0.2, 0.25) is 0 Å². The first-order valence-electron chi connectivity index (χ1n) is 5.65. The van der Waals surface area contributed by atoms with Crippen molar-refractivity contribution in [2.75, 3.05) is 19.7 Å². The third kappa shape index (κ3) is 2.84. The van der Waals surface area contributed by atoms with Gasteiger partial charge in [-0.1, -0.05) is 0 Å². The molecule has 1 aliphatic heterocycles. The molecule has 1 aliphatic rings. The number of unbranched alkanes of at least 4 members (excludes halogenated alkanes) is 1. The molecule has 16 heavy (non-hydrogen) atoms. The van der Waals surface area contributed by atoms with Crippen molar-refractivity contribution in [3.8, 4) is 0 Å². The van der Waals surface area contributed by atoms with Gasteiger partial charge in [0.25, 0.3) is 0 Å². The number of rotatable bonds is 6. The minimum atomic E-state index is -0.509. The minimum Gasteiger partial charge on any atom is -0.441 e. The van der Waals surface area contributed by atoms with Gasteiger partial charge in [0, 0.05) is 12.6 Å². The molecule has 1 saturated heterocycles.